The average molecular weight is 358 g/mol. The Kier molecular flexibility index (Phi) is 5.46. The number of carbonyl (C=O) groups excluding carboxylic acids is 1. The van der Waals surface area contributed by atoms with Crippen LogP contribution in [0.4, 0.5) is 17.6 Å². The Morgan fingerprint density at radius 2 is 2.04 bits per heavy atom. The summed E-state index contributed by atoms with van der Waals surface area (Å²) in [5, 5.41) is 5.77. The largest absolute Gasteiger partial charge is 0.435 e. The summed E-state index contributed by atoms with van der Waals surface area (Å²) in [4.78, 5) is 13.9. The summed E-state index contributed by atoms with van der Waals surface area (Å²) in [6.45, 7) is 0.0154. The molecule has 1 amide bonds. The van der Waals surface area contributed by atoms with Crippen molar-refractivity contribution in [1.29, 1.82) is 0 Å². The second kappa shape index (κ2) is 7.22. The lowest BCUT2D eigenvalue weighted by atomic mass is 10.1. The maximum Gasteiger partial charge on any atom is 0.435 e. The van der Waals surface area contributed by atoms with Gasteiger partial charge in [0.2, 0.25) is 0 Å². The molecule has 0 aliphatic heterocycles. The summed E-state index contributed by atoms with van der Waals surface area (Å²) in [5.41, 5.74) is -1.18. The molecule has 1 atom stereocenters. The molecule has 136 valence electrons. The number of carbonyl (C=O) groups is 1. The lowest BCUT2D eigenvalue weighted by molar-refractivity contribution is -0.141. The molecule has 0 aliphatic carbocycles. The number of alkyl halides is 3. The highest BCUT2D eigenvalue weighted by Crippen LogP contribution is 2.30. The highest BCUT2D eigenvalue weighted by Gasteiger charge is 2.39. The quantitative estimate of drug-likeness (QED) is 0.836. The molecule has 25 heavy (non-hydrogen) atoms. The fraction of sp³-hybridized carbons (Fsp3) is 0.375. The van der Waals surface area contributed by atoms with Crippen molar-refractivity contribution in [3.8, 4) is 0 Å². The molecule has 5 nitrogen and oxygen atoms in total. The van der Waals surface area contributed by atoms with Crippen LogP contribution in [0, 0.1) is 5.82 Å². The number of nitrogens with one attached hydrogen (secondary N) is 1. The zero-order chi connectivity index (χ0) is 18.8. The molecule has 9 heteroatoms. The molecule has 2 aromatic rings. The third kappa shape index (κ3) is 4.56. The van der Waals surface area contributed by atoms with E-state index >= 15 is 0 Å². The molecule has 0 bridgehead atoms. The van der Waals surface area contributed by atoms with Crippen LogP contribution >= 0.6 is 0 Å². The van der Waals surface area contributed by atoms with Crippen LogP contribution in [-0.2, 0) is 13.2 Å². The number of aromatic nitrogens is 2. The first-order valence-corrected chi connectivity index (χ1v) is 7.40. The number of rotatable bonds is 5. The second-order valence-corrected chi connectivity index (χ2v) is 5.81. The van der Waals surface area contributed by atoms with E-state index in [1.165, 1.54) is 25.2 Å². The number of halogens is 4. The molecule has 1 heterocycles. The fourth-order valence-electron chi connectivity index (χ4n) is 2.46. The molecule has 0 fully saturated rings. The molecule has 0 spiro atoms. The average Bonchev–Trinajstić information content (AvgIpc) is 2.89. The minimum absolute atomic E-state index is 0.0154. The van der Waals surface area contributed by atoms with Gasteiger partial charge in [-0.25, -0.2) is 4.39 Å². The minimum Gasteiger partial charge on any atom is -0.350 e. The first kappa shape index (κ1) is 18.9. The Labute approximate surface area is 142 Å². The number of hydrogen-bond acceptors (Lipinski definition) is 3. The lowest BCUT2D eigenvalue weighted by Crippen LogP contribution is -2.35. The van der Waals surface area contributed by atoms with Gasteiger partial charge >= 0.3 is 6.18 Å². The molecule has 1 unspecified atom stereocenters. The summed E-state index contributed by atoms with van der Waals surface area (Å²) >= 11 is 0. The van der Waals surface area contributed by atoms with E-state index in [1.807, 2.05) is 0 Å². The SMILES string of the molecule is CN(C)C(CNC(=O)c1cn(C)nc1C(F)(F)F)c1cccc(F)c1. The van der Waals surface area contributed by atoms with E-state index in [2.05, 4.69) is 10.4 Å². The van der Waals surface area contributed by atoms with Crippen LogP contribution in [0.15, 0.2) is 30.5 Å². The number of benzene rings is 1. The molecular formula is C16H18F4N4O. The number of hydrogen-bond donors (Lipinski definition) is 1. The van der Waals surface area contributed by atoms with Crippen molar-refractivity contribution < 1.29 is 22.4 Å². The topological polar surface area (TPSA) is 50.2 Å². The Bertz CT molecular complexity index is 755. The van der Waals surface area contributed by atoms with E-state index in [0.717, 1.165) is 10.9 Å². The van der Waals surface area contributed by atoms with E-state index < -0.39 is 35.2 Å². The number of nitrogens with zero attached hydrogens (tertiary/aromatic N) is 3. The predicted octanol–water partition coefficient (Wildman–Crippen LogP) is 2.61. The second-order valence-electron chi connectivity index (χ2n) is 5.81. The zero-order valence-corrected chi connectivity index (χ0v) is 13.9. The smallest absolute Gasteiger partial charge is 0.350 e. The van der Waals surface area contributed by atoms with E-state index in [-0.39, 0.29) is 6.54 Å². The Balaban J connectivity index is 2.18. The van der Waals surface area contributed by atoms with Crippen molar-refractivity contribution in [2.45, 2.75) is 12.2 Å². The highest BCUT2D eigenvalue weighted by atomic mass is 19.4. The van der Waals surface area contributed by atoms with Gasteiger partial charge in [-0.1, -0.05) is 12.1 Å². The fourth-order valence-corrected chi connectivity index (χ4v) is 2.46. The van der Waals surface area contributed by atoms with Gasteiger partial charge in [0.05, 0.1) is 11.6 Å². The summed E-state index contributed by atoms with van der Waals surface area (Å²) in [7, 11) is 4.77. The van der Waals surface area contributed by atoms with Crippen molar-refractivity contribution in [3.05, 3.63) is 53.1 Å². The monoisotopic (exact) mass is 358 g/mol. The first-order chi connectivity index (χ1) is 11.6. The van der Waals surface area contributed by atoms with Crippen LogP contribution in [0.2, 0.25) is 0 Å². The van der Waals surface area contributed by atoms with Gasteiger partial charge in [-0.3, -0.25) is 9.48 Å². The van der Waals surface area contributed by atoms with Crippen LogP contribution in [0.5, 0.6) is 0 Å². The molecule has 0 radical (unpaired) electrons. The van der Waals surface area contributed by atoms with Gasteiger partial charge in [-0.05, 0) is 31.8 Å². The van der Waals surface area contributed by atoms with Gasteiger partial charge in [-0.2, -0.15) is 18.3 Å². The Hall–Kier alpha value is -2.42. The Morgan fingerprint density at radius 3 is 2.60 bits per heavy atom. The van der Waals surface area contributed by atoms with E-state index in [4.69, 9.17) is 0 Å². The summed E-state index contributed by atoms with van der Waals surface area (Å²) in [5.74, 6) is -1.31. The van der Waals surface area contributed by atoms with Gasteiger partial charge in [-0.15, -0.1) is 0 Å². The van der Waals surface area contributed by atoms with E-state index in [0.29, 0.717) is 5.56 Å². The Morgan fingerprint density at radius 1 is 1.36 bits per heavy atom. The van der Waals surface area contributed by atoms with Crippen LogP contribution in [0.3, 0.4) is 0 Å². The van der Waals surface area contributed by atoms with Gasteiger partial charge in [0.1, 0.15) is 5.82 Å². The normalized spacial score (nSPS) is 13.1. The van der Waals surface area contributed by atoms with Gasteiger partial charge in [0.15, 0.2) is 5.69 Å². The van der Waals surface area contributed by atoms with E-state index in [9.17, 15) is 22.4 Å². The zero-order valence-electron chi connectivity index (χ0n) is 13.9. The van der Waals surface area contributed by atoms with Gasteiger partial charge in [0.25, 0.3) is 5.91 Å². The number of aryl methyl sites for hydroxylation is 1. The van der Waals surface area contributed by atoms with Crippen LogP contribution in [0.25, 0.3) is 0 Å². The molecule has 1 N–H and O–H groups in total. The van der Waals surface area contributed by atoms with Crippen molar-refractivity contribution in [1.82, 2.24) is 20.0 Å². The molecule has 0 saturated carbocycles. The van der Waals surface area contributed by atoms with Crippen molar-refractivity contribution in [3.63, 3.8) is 0 Å². The van der Waals surface area contributed by atoms with Gasteiger partial charge < -0.3 is 10.2 Å². The first-order valence-electron chi connectivity index (χ1n) is 7.40. The van der Waals surface area contributed by atoms with Crippen molar-refractivity contribution in [2.24, 2.45) is 7.05 Å². The van der Waals surface area contributed by atoms with Crippen molar-refractivity contribution in [2.75, 3.05) is 20.6 Å². The third-order valence-corrected chi connectivity index (χ3v) is 3.65. The van der Waals surface area contributed by atoms with Crippen LogP contribution in [-0.4, -0.2) is 41.2 Å². The number of amides is 1. The summed E-state index contributed by atoms with van der Waals surface area (Å²) in [6, 6.07) is 5.43. The maximum absolute atomic E-state index is 13.4. The van der Waals surface area contributed by atoms with E-state index in [1.54, 1.807) is 25.1 Å². The third-order valence-electron chi connectivity index (χ3n) is 3.65. The molecule has 0 saturated heterocycles. The predicted molar refractivity (Wildman–Crippen MR) is 83.4 cm³/mol. The highest BCUT2D eigenvalue weighted by molar-refractivity contribution is 5.95. The molecule has 1 aromatic carbocycles. The van der Waals surface area contributed by atoms with Crippen LogP contribution in [0.1, 0.15) is 27.7 Å². The number of likely N-dealkylation sites (N-methyl/N-ethyl adjacent to an activating group) is 1. The van der Waals surface area contributed by atoms with Gasteiger partial charge in [0, 0.05) is 19.8 Å². The maximum atomic E-state index is 13.4. The molecule has 0 aliphatic rings. The molecule has 1 aromatic heterocycles. The standard InChI is InChI=1S/C16H18F4N4O/c1-23(2)13(10-5-4-6-11(17)7-10)8-21-15(25)12-9-24(3)22-14(12)16(18,19)20/h4-7,9,13H,8H2,1-3H3,(H,21,25). The summed E-state index contributed by atoms with van der Waals surface area (Å²) < 4.78 is 53.2. The molecule has 2 rings (SSSR count). The minimum atomic E-state index is -4.72. The molecular weight excluding hydrogens is 340 g/mol. The van der Waals surface area contributed by atoms with Crippen molar-refractivity contribution >= 4 is 5.91 Å². The summed E-state index contributed by atoms with van der Waals surface area (Å²) in [6.07, 6.45) is -3.71. The lowest BCUT2D eigenvalue weighted by Gasteiger charge is -2.25. The van der Waals surface area contributed by atoms with Crippen LogP contribution < -0.4 is 5.32 Å².